The van der Waals surface area contributed by atoms with Crippen LogP contribution in [-0.4, -0.2) is 35.7 Å². The normalized spacial score (nSPS) is 12.8. The van der Waals surface area contributed by atoms with Gasteiger partial charge in [0, 0.05) is 17.0 Å². The molecule has 0 spiro atoms. The summed E-state index contributed by atoms with van der Waals surface area (Å²) in [5.41, 5.74) is 1.41. The summed E-state index contributed by atoms with van der Waals surface area (Å²) in [5.74, 6) is -0.678. The van der Waals surface area contributed by atoms with E-state index in [9.17, 15) is 28.6 Å². The molecular weight excluding hydrogens is 385 g/mol. The molecule has 2 aromatic carbocycles. The molecule has 1 aromatic heterocycles. The van der Waals surface area contributed by atoms with Gasteiger partial charge in [0.1, 0.15) is 10.7 Å². The molecule has 0 aliphatic heterocycles. The van der Waals surface area contributed by atoms with E-state index in [0.29, 0.717) is 22.1 Å². The van der Waals surface area contributed by atoms with Gasteiger partial charge in [-0.1, -0.05) is 29.8 Å². The average Bonchev–Trinajstić information content (AvgIpc) is 3.01. The van der Waals surface area contributed by atoms with Crippen LogP contribution in [0.4, 0.5) is 5.69 Å². The first-order valence-electron chi connectivity index (χ1n) is 8.46. The maximum atomic E-state index is 12.9. The molecule has 0 unspecified atom stereocenters. The van der Waals surface area contributed by atoms with Gasteiger partial charge in [0.25, 0.3) is 5.69 Å². The predicted octanol–water partition coefficient (Wildman–Crippen LogP) is 2.19. The molecule has 0 saturated carbocycles. The van der Waals surface area contributed by atoms with E-state index in [4.69, 9.17) is 4.42 Å². The topological polar surface area (TPSA) is 131 Å². The molecule has 146 valence electrons. The van der Waals surface area contributed by atoms with Crippen molar-refractivity contribution in [3.8, 4) is 0 Å². The number of hydrogen-bond donors (Lipinski definition) is 2. The van der Waals surface area contributed by atoms with Gasteiger partial charge in [-0.2, -0.15) is 0 Å². The van der Waals surface area contributed by atoms with Gasteiger partial charge in [-0.15, -0.1) is 0 Å². The Kier molecular flexibility index (Phi) is 5.55. The lowest BCUT2D eigenvalue weighted by atomic mass is 9.81. The maximum Gasteiger partial charge on any atom is 0.471 e. The van der Waals surface area contributed by atoms with Gasteiger partial charge in [0.05, 0.1) is 16.9 Å². The first-order chi connectivity index (χ1) is 13.2. The summed E-state index contributed by atoms with van der Waals surface area (Å²) in [5, 5.41) is 29.8. The first-order valence-corrected chi connectivity index (χ1v) is 10.2. The summed E-state index contributed by atoms with van der Waals surface area (Å²) in [6.45, 7) is 1.69. The Balaban J connectivity index is 1.96. The third kappa shape index (κ3) is 4.08. The van der Waals surface area contributed by atoms with Crippen LogP contribution in [0.3, 0.4) is 0 Å². The summed E-state index contributed by atoms with van der Waals surface area (Å²) in [6, 6.07) is 11.2. The van der Waals surface area contributed by atoms with Crippen LogP contribution in [0.15, 0.2) is 53.1 Å². The second-order valence-corrected chi connectivity index (χ2v) is 8.83. The Morgan fingerprint density at radius 3 is 2.57 bits per heavy atom. The third-order valence-corrected chi connectivity index (χ3v) is 6.61. The first kappa shape index (κ1) is 20.1. The van der Waals surface area contributed by atoms with Gasteiger partial charge >= 0.3 is 7.12 Å². The van der Waals surface area contributed by atoms with Crippen LogP contribution >= 0.6 is 0 Å². The zero-order chi connectivity index (χ0) is 20.5. The quantitative estimate of drug-likeness (QED) is 0.351. The van der Waals surface area contributed by atoms with Gasteiger partial charge in [0.2, 0.25) is 0 Å². The minimum absolute atomic E-state index is 0.00713. The number of nitro benzene ring substituents is 1. The molecule has 1 atom stereocenters. The Morgan fingerprint density at radius 1 is 1.18 bits per heavy atom. The molecule has 28 heavy (non-hydrogen) atoms. The summed E-state index contributed by atoms with van der Waals surface area (Å²) in [7, 11) is -6.29. The largest absolute Gasteiger partial charge is 0.471 e. The Labute approximate surface area is 161 Å². The van der Waals surface area contributed by atoms with Crippen molar-refractivity contribution in [3.05, 3.63) is 75.5 Å². The number of para-hydroxylation sites is 1. The number of aryl methyl sites for hydroxylation is 1. The molecule has 0 radical (unpaired) electrons. The molecule has 1 heterocycles. The minimum Gasteiger partial charge on any atom is -0.464 e. The molecule has 0 fully saturated rings. The van der Waals surface area contributed by atoms with Crippen molar-refractivity contribution >= 4 is 33.6 Å². The molecule has 0 aliphatic carbocycles. The number of hydrogen-bond acceptors (Lipinski definition) is 7. The molecule has 2 N–H and O–H groups in total. The number of fused-ring (bicyclic) bond motifs is 1. The zero-order valence-corrected chi connectivity index (χ0v) is 15.8. The SMILES string of the molecule is Cc1ccc([N+](=O)[O-])c(CS(=O)(=O)[C@@H](Cc2coc3ccccc23)B(O)O)c1. The van der Waals surface area contributed by atoms with Crippen LogP contribution in [-0.2, 0) is 22.0 Å². The van der Waals surface area contributed by atoms with Gasteiger partial charge in [-0.3, -0.25) is 10.1 Å². The summed E-state index contributed by atoms with van der Waals surface area (Å²) in [4.78, 5) is 10.6. The van der Waals surface area contributed by atoms with Gasteiger partial charge in [-0.25, -0.2) is 8.42 Å². The van der Waals surface area contributed by atoms with Crippen molar-refractivity contribution in [3.63, 3.8) is 0 Å². The maximum absolute atomic E-state index is 12.9. The van der Waals surface area contributed by atoms with E-state index in [-0.39, 0.29) is 17.7 Å². The van der Waals surface area contributed by atoms with Crippen LogP contribution in [0.5, 0.6) is 0 Å². The van der Waals surface area contributed by atoms with Crippen molar-refractivity contribution in [1.29, 1.82) is 0 Å². The average molecular weight is 403 g/mol. The van der Waals surface area contributed by atoms with Crippen molar-refractivity contribution in [2.24, 2.45) is 0 Å². The van der Waals surface area contributed by atoms with Crippen LogP contribution in [0.25, 0.3) is 11.0 Å². The lowest BCUT2D eigenvalue weighted by molar-refractivity contribution is -0.385. The number of rotatable bonds is 7. The summed E-state index contributed by atoms with van der Waals surface area (Å²) < 4.78 is 31.2. The smallest absolute Gasteiger partial charge is 0.464 e. The highest BCUT2D eigenvalue weighted by Crippen LogP contribution is 2.27. The highest BCUT2D eigenvalue weighted by molar-refractivity contribution is 7.92. The van der Waals surface area contributed by atoms with Crippen LogP contribution < -0.4 is 0 Å². The van der Waals surface area contributed by atoms with E-state index in [0.717, 1.165) is 0 Å². The monoisotopic (exact) mass is 403 g/mol. The Bertz CT molecular complexity index is 1120. The van der Waals surface area contributed by atoms with Crippen molar-refractivity contribution in [1.82, 2.24) is 0 Å². The summed E-state index contributed by atoms with van der Waals surface area (Å²) in [6.07, 6.45) is 1.18. The molecule has 3 aromatic rings. The fraction of sp³-hybridized carbons (Fsp3) is 0.222. The number of nitro groups is 1. The van der Waals surface area contributed by atoms with E-state index in [1.165, 1.54) is 24.5 Å². The van der Waals surface area contributed by atoms with E-state index in [1.54, 1.807) is 31.2 Å². The zero-order valence-electron chi connectivity index (χ0n) is 15.0. The Morgan fingerprint density at radius 2 is 1.89 bits per heavy atom. The predicted molar refractivity (Wildman–Crippen MR) is 104 cm³/mol. The van der Waals surface area contributed by atoms with Crippen LogP contribution in [0.1, 0.15) is 16.7 Å². The number of sulfone groups is 1. The van der Waals surface area contributed by atoms with Gasteiger partial charge in [0.15, 0.2) is 9.84 Å². The second-order valence-electron chi connectivity index (χ2n) is 6.61. The Hall–Kier alpha value is -2.69. The van der Waals surface area contributed by atoms with Gasteiger partial charge in [-0.05, 0) is 31.0 Å². The van der Waals surface area contributed by atoms with E-state index in [2.05, 4.69) is 0 Å². The van der Waals surface area contributed by atoms with Crippen molar-refractivity contribution in [2.75, 3.05) is 0 Å². The van der Waals surface area contributed by atoms with E-state index < -0.39 is 32.8 Å². The highest BCUT2D eigenvalue weighted by atomic mass is 32.2. The molecule has 0 amide bonds. The molecule has 10 heteroatoms. The molecule has 0 bridgehead atoms. The number of benzene rings is 2. The lowest BCUT2D eigenvalue weighted by Gasteiger charge is -2.16. The van der Waals surface area contributed by atoms with E-state index in [1.807, 2.05) is 0 Å². The fourth-order valence-electron chi connectivity index (χ4n) is 3.16. The van der Waals surface area contributed by atoms with Crippen molar-refractivity contribution < 1.29 is 27.8 Å². The molecule has 0 saturated heterocycles. The standard InChI is InChI=1S/C18H18BNO7S/c1-12-6-7-16(20(23)24)14(8-12)11-28(25,26)18(19(21)22)9-13-10-27-17-5-3-2-4-15(13)17/h2-8,10,18,21-22H,9,11H2,1H3/t18-/m0/s1. The fourth-order valence-corrected chi connectivity index (χ4v) is 4.84. The molecular formula is C18H18BNO7S. The van der Waals surface area contributed by atoms with Crippen LogP contribution in [0, 0.1) is 17.0 Å². The molecule has 0 aliphatic rings. The summed E-state index contributed by atoms with van der Waals surface area (Å²) >= 11 is 0. The van der Waals surface area contributed by atoms with Crippen LogP contribution in [0.2, 0.25) is 0 Å². The van der Waals surface area contributed by atoms with Crippen molar-refractivity contribution in [2.45, 2.75) is 24.2 Å². The minimum atomic E-state index is -4.14. The lowest BCUT2D eigenvalue weighted by Crippen LogP contribution is -2.40. The molecule has 3 rings (SSSR count). The second kappa shape index (κ2) is 7.74. The number of nitrogens with zero attached hydrogens (tertiary/aromatic N) is 1. The number of furan rings is 1. The molecule has 8 nitrogen and oxygen atoms in total. The highest BCUT2D eigenvalue weighted by Gasteiger charge is 2.38. The third-order valence-electron chi connectivity index (χ3n) is 4.56. The van der Waals surface area contributed by atoms with E-state index >= 15 is 0 Å². The van der Waals surface area contributed by atoms with Gasteiger partial charge < -0.3 is 14.5 Å².